The van der Waals surface area contributed by atoms with Crippen LogP contribution in [0.2, 0.25) is 5.02 Å². The summed E-state index contributed by atoms with van der Waals surface area (Å²) in [7, 11) is 1.58. The van der Waals surface area contributed by atoms with Gasteiger partial charge in [-0.1, -0.05) is 23.7 Å². The van der Waals surface area contributed by atoms with Crippen LogP contribution in [0.3, 0.4) is 0 Å². The van der Waals surface area contributed by atoms with Crippen LogP contribution in [0.4, 0.5) is 5.69 Å². The Morgan fingerprint density at radius 1 is 1.21 bits per heavy atom. The summed E-state index contributed by atoms with van der Waals surface area (Å²) in [5.41, 5.74) is 2.14. The Kier molecular flexibility index (Phi) is 4.07. The number of nitrogens with one attached hydrogen (secondary N) is 1. The van der Waals surface area contributed by atoms with Gasteiger partial charge in [0.15, 0.2) is 0 Å². The number of hydrogen-bond acceptors (Lipinski definition) is 2. The lowest BCUT2D eigenvalue weighted by Crippen LogP contribution is -2.12. The minimum atomic E-state index is -0.238. The summed E-state index contributed by atoms with van der Waals surface area (Å²) in [6.07, 6.45) is 0. The molecule has 3 nitrogen and oxygen atoms in total. The summed E-state index contributed by atoms with van der Waals surface area (Å²) in [5.74, 6) is 0.450. The summed E-state index contributed by atoms with van der Waals surface area (Å²) in [5, 5.41) is 3.23. The Morgan fingerprint density at radius 2 is 2.00 bits per heavy atom. The molecule has 0 atom stereocenters. The molecule has 0 aliphatic rings. The molecular formula is C15H14ClNO2. The molecular weight excluding hydrogens is 262 g/mol. The molecule has 0 fully saturated rings. The van der Waals surface area contributed by atoms with E-state index in [1.165, 1.54) is 0 Å². The predicted molar refractivity (Wildman–Crippen MR) is 77.1 cm³/mol. The smallest absolute Gasteiger partial charge is 0.257 e. The zero-order chi connectivity index (χ0) is 13.8. The third-order valence-electron chi connectivity index (χ3n) is 2.70. The van der Waals surface area contributed by atoms with E-state index >= 15 is 0 Å². The fourth-order valence-electron chi connectivity index (χ4n) is 1.70. The van der Waals surface area contributed by atoms with Crippen molar-refractivity contribution in [1.29, 1.82) is 0 Å². The zero-order valence-electron chi connectivity index (χ0n) is 10.7. The fourth-order valence-corrected chi connectivity index (χ4v) is 2.02. The van der Waals surface area contributed by atoms with Gasteiger partial charge in [-0.2, -0.15) is 0 Å². The van der Waals surface area contributed by atoms with Gasteiger partial charge in [-0.3, -0.25) is 4.79 Å². The number of carbonyl (C=O) groups is 1. The Labute approximate surface area is 117 Å². The van der Waals surface area contributed by atoms with E-state index in [0.29, 0.717) is 22.0 Å². The lowest BCUT2D eigenvalue weighted by atomic mass is 10.1. The molecule has 4 heteroatoms. The Morgan fingerprint density at radius 3 is 2.68 bits per heavy atom. The van der Waals surface area contributed by atoms with Crippen molar-refractivity contribution in [1.82, 2.24) is 0 Å². The predicted octanol–water partition coefficient (Wildman–Crippen LogP) is 3.91. The largest absolute Gasteiger partial charge is 0.497 e. The molecule has 0 aliphatic carbocycles. The molecule has 2 aromatic rings. The second-order valence-corrected chi connectivity index (χ2v) is 4.58. The van der Waals surface area contributed by atoms with E-state index in [9.17, 15) is 4.79 Å². The summed E-state index contributed by atoms with van der Waals surface area (Å²) in [6, 6.07) is 12.5. The van der Waals surface area contributed by atoms with Gasteiger partial charge in [0.05, 0.1) is 17.7 Å². The van der Waals surface area contributed by atoms with Crippen LogP contribution in [0.15, 0.2) is 42.5 Å². The van der Waals surface area contributed by atoms with Gasteiger partial charge in [-0.25, -0.2) is 0 Å². The van der Waals surface area contributed by atoms with E-state index in [2.05, 4.69) is 5.32 Å². The normalized spacial score (nSPS) is 10.1. The van der Waals surface area contributed by atoms with Crippen LogP contribution >= 0.6 is 11.6 Å². The van der Waals surface area contributed by atoms with E-state index in [1.54, 1.807) is 31.4 Å². The number of amides is 1. The number of anilines is 1. The van der Waals surface area contributed by atoms with E-state index in [1.807, 2.05) is 25.1 Å². The lowest BCUT2D eigenvalue weighted by molar-refractivity contribution is 0.102. The van der Waals surface area contributed by atoms with Crippen molar-refractivity contribution >= 4 is 23.2 Å². The molecule has 0 saturated carbocycles. The van der Waals surface area contributed by atoms with Gasteiger partial charge < -0.3 is 10.1 Å². The molecule has 1 amide bonds. The topological polar surface area (TPSA) is 38.3 Å². The van der Waals surface area contributed by atoms with Crippen LogP contribution in [0.5, 0.6) is 5.75 Å². The average molecular weight is 276 g/mol. The molecule has 98 valence electrons. The third kappa shape index (κ3) is 3.26. The molecule has 2 rings (SSSR count). The van der Waals surface area contributed by atoms with E-state index in [4.69, 9.17) is 16.3 Å². The van der Waals surface area contributed by atoms with E-state index in [-0.39, 0.29) is 5.91 Å². The maximum Gasteiger partial charge on any atom is 0.257 e. The zero-order valence-corrected chi connectivity index (χ0v) is 11.5. The molecule has 0 heterocycles. The van der Waals surface area contributed by atoms with Crippen LogP contribution in [-0.2, 0) is 0 Å². The van der Waals surface area contributed by atoms with Crippen molar-refractivity contribution in [2.75, 3.05) is 12.4 Å². The molecule has 0 spiro atoms. The minimum absolute atomic E-state index is 0.238. The van der Waals surface area contributed by atoms with E-state index < -0.39 is 0 Å². The number of ether oxygens (including phenoxy) is 1. The van der Waals surface area contributed by atoms with Crippen LogP contribution in [0.25, 0.3) is 0 Å². The summed E-state index contributed by atoms with van der Waals surface area (Å²) < 4.78 is 5.10. The lowest BCUT2D eigenvalue weighted by Gasteiger charge is -2.08. The highest BCUT2D eigenvalue weighted by molar-refractivity contribution is 6.34. The molecule has 0 radical (unpaired) electrons. The monoisotopic (exact) mass is 275 g/mol. The molecule has 19 heavy (non-hydrogen) atoms. The van der Waals surface area contributed by atoms with E-state index in [0.717, 1.165) is 5.56 Å². The highest BCUT2D eigenvalue weighted by atomic mass is 35.5. The number of benzene rings is 2. The first kappa shape index (κ1) is 13.4. The van der Waals surface area contributed by atoms with Gasteiger partial charge in [0.2, 0.25) is 0 Å². The van der Waals surface area contributed by atoms with Crippen molar-refractivity contribution in [3.05, 3.63) is 58.6 Å². The molecule has 0 unspecified atom stereocenters. The summed E-state index contributed by atoms with van der Waals surface area (Å²) in [4.78, 5) is 12.1. The maximum absolute atomic E-state index is 12.1. The third-order valence-corrected chi connectivity index (χ3v) is 3.01. The molecule has 0 aliphatic heterocycles. The summed E-state index contributed by atoms with van der Waals surface area (Å²) in [6.45, 7) is 1.93. The van der Waals surface area contributed by atoms with Gasteiger partial charge in [0, 0.05) is 11.8 Å². The summed E-state index contributed by atoms with van der Waals surface area (Å²) >= 11 is 6.06. The number of carbonyl (C=O) groups excluding carboxylic acids is 1. The second kappa shape index (κ2) is 5.76. The Bertz CT molecular complexity index is 611. The molecule has 1 N–H and O–H groups in total. The quantitative estimate of drug-likeness (QED) is 0.922. The first-order chi connectivity index (χ1) is 9.10. The number of rotatable bonds is 3. The minimum Gasteiger partial charge on any atom is -0.497 e. The van der Waals surface area contributed by atoms with Gasteiger partial charge in [0.25, 0.3) is 5.91 Å². The van der Waals surface area contributed by atoms with Gasteiger partial charge in [0.1, 0.15) is 5.75 Å². The van der Waals surface area contributed by atoms with Crippen molar-refractivity contribution in [2.45, 2.75) is 6.92 Å². The number of methoxy groups -OCH3 is 1. The molecule has 0 saturated heterocycles. The van der Waals surface area contributed by atoms with Crippen LogP contribution in [-0.4, -0.2) is 13.0 Å². The SMILES string of the molecule is COc1cccc(NC(=O)c2ccc(C)cc2Cl)c1. The highest BCUT2D eigenvalue weighted by Gasteiger charge is 2.10. The number of hydrogen-bond donors (Lipinski definition) is 1. The highest BCUT2D eigenvalue weighted by Crippen LogP contribution is 2.21. The number of halogens is 1. The first-order valence-corrected chi connectivity index (χ1v) is 6.19. The van der Waals surface area contributed by atoms with Gasteiger partial charge >= 0.3 is 0 Å². The average Bonchev–Trinajstić information content (AvgIpc) is 2.38. The van der Waals surface area contributed by atoms with Crippen LogP contribution in [0.1, 0.15) is 15.9 Å². The molecule has 2 aromatic carbocycles. The van der Waals surface area contributed by atoms with Gasteiger partial charge in [-0.15, -0.1) is 0 Å². The van der Waals surface area contributed by atoms with Crippen LogP contribution < -0.4 is 10.1 Å². The maximum atomic E-state index is 12.1. The fraction of sp³-hybridized carbons (Fsp3) is 0.133. The molecule has 0 aromatic heterocycles. The van der Waals surface area contributed by atoms with Crippen molar-refractivity contribution < 1.29 is 9.53 Å². The first-order valence-electron chi connectivity index (χ1n) is 5.81. The van der Waals surface area contributed by atoms with Gasteiger partial charge in [-0.05, 0) is 36.8 Å². The molecule has 0 bridgehead atoms. The standard InChI is InChI=1S/C15H14ClNO2/c1-10-6-7-13(14(16)8-10)15(18)17-11-4-3-5-12(9-11)19-2/h3-9H,1-2H3,(H,17,18). The van der Waals surface area contributed by atoms with Crippen LogP contribution in [0, 0.1) is 6.92 Å². The van der Waals surface area contributed by atoms with Crippen molar-refractivity contribution in [3.8, 4) is 5.75 Å². The second-order valence-electron chi connectivity index (χ2n) is 4.17. The van der Waals surface area contributed by atoms with Crippen molar-refractivity contribution in [2.24, 2.45) is 0 Å². The Hall–Kier alpha value is -2.00. The Balaban J connectivity index is 2.20. The van der Waals surface area contributed by atoms with Crippen molar-refractivity contribution in [3.63, 3.8) is 0 Å². The number of aryl methyl sites for hydroxylation is 1.